The van der Waals surface area contributed by atoms with Gasteiger partial charge in [0.1, 0.15) is 0 Å². The molecule has 192 valence electrons. The van der Waals surface area contributed by atoms with Gasteiger partial charge in [0.2, 0.25) is 9.84 Å². The van der Waals surface area contributed by atoms with Crippen molar-refractivity contribution in [2.45, 2.75) is 29.1 Å². The van der Waals surface area contributed by atoms with E-state index in [9.17, 15) is 8.42 Å². The van der Waals surface area contributed by atoms with Gasteiger partial charge in [0.05, 0.1) is 21.2 Å². The van der Waals surface area contributed by atoms with Gasteiger partial charge in [-0.3, -0.25) is 0 Å². The van der Waals surface area contributed by atoms with E-state index in [0.717, 1.165) is 22.5 Å². The number of nitrogens with zero attached hydrogens (tertiary/aromatic N) is 1. The van der Waals surface area contributed by atoms with E-state index >= 15 is 4.57 Å². The Hall–Kier alpha value is -3.92. The summed E-state index contributed by atoms with van der Waals surface area (Å²) in [6.07, 6.45) is 0. The molecule has 2 aliphatic heterocycles. The van der Waals surface area contributed by atoms with E-state index in [0.29, 0.717) is 21.6 Å². The van der Waals surface area contributed by atoms with Crippen LogP contribution in [-0.4, -0.2) is 8.42 Å². The van der Waals surface area contributed by atoms with Crippen molar-refractivity contribution in [1.29, 1.82) is 0 Å². The van der Waals surface area contributed by atoms with Crippen molar-refractivity contribution in [3.8, 4) is 0 Å². The minimum absolute atomic E-state index is 0.102. The lowest BCUT2D eigenvalue weighted by atomic mass is 9.73. The second-order valence-electron chi connectivity index (χ2n) is 10.6. The predicted molar refractivity (Wildman–Crippen MR) is 158 cm³/mol. The monoisotopic (exact) mass is 547 g/mol. The van der Waals surface area contributed by atoms with Crippen molar-refractivity contribution >= 4 is 50.0 Å². The molecule has 0 spiro atoms. The van der Waals surface area contributed by atoms with E-state index in [1.165, 1.54) is 0 Å². The van der Waals surface area contributed by atoms with Crippen molar-refractivity contribution < 1.29 is 13.0 Å². The van der Waals surface area contributed by atoms with Crippen LogP contribution in [0.15, 0.2) is 131 Å². The molecule has 0 radical (unpaired) electrons. The average Bonchev–Trinajstić information content (AvgIpc) is 2.97. The fourth-order valence-electron chi connectivity index (χ4n) is 6.17. The molecule has 6 heteroatoms. The highest BCUT2D eigenvalue weighted by Gasteiger charge is 2.45. The average molecular weight is 548 g/mol. The van der Waals surface area contributed by atoms with Crippen LogP contribution in [0.25, 0.3) is 0 Å². The highest BCUT2D eigenvalue weighted by atomic mass is 32.2. The lowest BCUT2D eigenvalue weighted by Crippen LogP contribution is -2.36. The number of para-hydroxylation sites is 2. The summed E-state index contributed by atoms with van der Waals surface area (Å²) in [6.45, 7) is 4.43. The second kappa shape index (κ2) is 8.29. The van der Waals surface area contributed by atoms with Crippen LogP contribution in [0, 0.1) is 0 Å². The van der Waals surface area contributed by atoms with Crippen LogP contribution in [0.3, 0.4) is 0 Å². The molecule has 0 bridgehead atoms. The van der Waals surface area contributed by atoms with Crippen LogP contribution in [0.1, 0.15) is 25.0 Å². The summed E-state index contributed by atoms with van der Waals surface area (Å²) in [6, 6.07) is 37.8. The van der Waals surface area contributed by atoms with Crippen LogP contribution in [-0.2, 0) is 19.8 Å². The lowest BCUT2D eigenvalue weighted by molar-refractivity contribution is 0.585. The number of anilines is 3. The molecule has 5 aromatic carbocycles. The van der Waals surface area contributed by atoms with Crippen LogP contribution in [0.5, 0.6) is 0 Å². The summed E-state index contributed by atoms with van der Waals surface area (Å²) >= 11 is 0. The van der Waals surface area contributed by atoms with Gasteiger partial charge in [0.25, 0.3) is 0 Å². The van der Waals surface area contributed by atoms with Gasteiger partial charge in [-0.1, -0.05) is 92.7 Å². The maximum atomic E-state index is 15.1. The molecule has 0 saturated carbocycles. The molecule has 5 aromatic rings. The molecule has 0 amide bonds. The van der Waals surface area contributed by atoms with Crippen LogP contribution < -0.4 is 20.8 Å². The van der Waals surface area contributed by atoms with E-state index in [4.69, 9.17) is 0 Å². The molecule has 39 heavy (non-hydrogen) atoms. The van der Waals surface area contributed by atoms with Crippen LogP contribution in [0.4, 0.5) is 17.1 Å². The van der Waals surface area contributed by atoms with Gasteiger partial charge in [-0.25, -0.2) is 8.42 Å². The first-order valence-corrected chi connectivity index (χ1v) is 16.1. The third-order valence-corrected chi connectivity index (χ3v) is 13.4. The molecular weight excluding hydrogens is 521 g/mol. The van der Waals surface area contributed by atoms with Gasteiger partial charge in [-0.2, -0.15) is 0 Å². The normalized spacial score (nSPS) is 19.8. The Kier molecular flexibility index (Phi) is 5.13. The van der Waals surface area contributed by atoms with Gasteiger partial charge in [0.15, 0.2) is 7.14 Å². The standard InChI is InChI=1S/C33H26NO3PS/c1-33(2)25-14-6-8-16-27(25)34(28-17-9-7-15-26(28)33)23-20-21-30-32(22-23)39(36,37)31-19-11-10-18-29(31)38(30,35)24-12-4-3-5-13-24/h3-22H,1-2H3. The maximum absolute atomic E-state index is 15.1. The Balaban J connectivity index is 1.53. The molecule has 0 aromatic heterocycles. The van der Waals surface area contributed by atoms with E-state index in [1.54, 1.807) is 36.4 Å². The molecule has 4 nitrogen and oxygen atoms in total. The summed E-state index contributed by atoms with van der Waals surface area (Å²) in [4.78, 5) is 2.34. The van der Waals surface area contributed by atoms with Crippen LogP contribution >= 0.6 is 7.14 Å². The number of hydrogen-bond acceptors (Lipinski definition) is 4. The first-order valence-electron chi connectivity index (χ1n) is 12.9. The molecular formula is C33H26NO3PS. The quantitative estimate of drug-likeness (QED) is 0.230. The molecule has 0 fully saturated rings. The molecule has 7 rings (SSSR count). The first kappa shape index (κ1) is 24.1. The molecule has 0 N–H and O–H groups in total. The maximum Gasteiger partial charge on any atom is 0.208 e. The Morgan fingerprint density at radius 2 is 1.15 bits per heavy atom. The highest BCUT2D eigenvalue weighted by Crippen LogP contribution is 2.54. The van der Waals surface area contributed by atoms with Gasteiger partial charge in [0, 0.05) is 27.0 Å². The number of fused-ring (bicyclic) bond motifs is 4. The first-order chi connectivity index (χ1) is 18.8. The van der Waals surface area contributed by atoms with Crippen molar-refractivity contribution in [3.05, 3.63) is 132 Å². The largest absolute Gasteiger partial charge is 0.310 e. The van der Waals surface area contributed by atoms with E-state index in [2.05, 4.69) is 43.0 Å². The smallest absolute Gasteiger partial charge is 0.208 e. The molecule has 2 heterocycles. The predicted octanol–water partition coefficient (Wildman–Crippen LogP) is 6.58. The van der Waals surface area contributed by atoms with Gasteiger partial charge >= 0.3 is 0 Å². The third-order valence-electron chi connectivity index (χ3n) is 8.08. The molecule has 2 aliphatic rings. The molecule has 1 atom stereocenters. The van der Waals surface area contributed by atoms with Gasteiger partial charge < -0.3 is 9.46 Å². The SMILES string of the molecule is CC1(C)c2ccccc2N(c2ccc3c(c2)S(=O)(=O)c2ccccc2P3(=O)c2ccccc2)c2ccccc21. The van der Waals surface area contributed by atoms with E-state index in [-0.39, 0.29) is 15.2 Å². The van der Waals surface area contributed by atoms with Crippen molar-refractivity contribution in [3.63, 3.8) is 0 Å². The zero-order chi connectivity index (χ0) is 27.0. The minimum Gasteiger partial charge on any atom is -0.310 e. The van der Waals surface area contributed by atoms with Crippen molar-refractivity contribution in [2.75, 3.05) is 4.90 Å². The number of sulfone groups is 1. The van der Waals surface area contributed by atoms with Crippen molar-refractivity contribution in [1.82, 2.24) is 0 Å². The van der Waals surface area contributed by atoms with Crippen LogP contribution in [0.2, 0.25) is 0 Å². The van der Waals surface area contributed by atoms with Crippen molar-refractivity contribution in [2.24, 2.45) is 0 Å². The van der Waals surface area contributed by atoms with Gasteiger partial charge in [-0.15, -0.1) is 0 Å². The molecule has 0 aliphatic carbocycles. The number of hydrogen-bond donors (Lipinski definition) is 0. The topological polar surface area (TPSA) is 54.5 Å². The Labute approximate surface area is 228 Å². The molecule has 0 saturated heterocycles. The second-order valence-corrected chi connectivity index (χ2v) is 15.1. The lowest BCUT2D eigenvalue weighted by Gasteiger charge is -2.42. The third kappa shape index (κ3) is 3.24. The summed E-state index contributed by atoms with van der Waals surface area (Å²) in [7, 11) is -7.35. The summed E-state index contributed by atoms with van der Waals surface area (Å²) < 4.78 is 43.3. The van der Waals surface area contributed by atoms with Gasteiger partial charge in [-0.05, 0) is 53.6 Å². The summed E-state index contributed by atoms with van der Waals surface area (Å²) in [5.41, 5.74) is 4.80. The fourth-order valence-corrected chi connectivity index (χ4v) is 11.9. The molecule has 1 unspecified atom stereocenters. The fraction of sp³-hybridized carbons (Fsp3) is 0.0909. The number of rotatable bonds is 2. The Bertz CT molecular complexity index is 1900. The highest BCUT2D eigenvalue weighted by molar-refractivity contribution is 7.96. The zero-order valence-electron chi connectivity index (χ0n) is 21.6. The number of benzene rings is 5. The zero-order valence-corrected chi connectivity index (χ0v) is 23.3. The van der Waals surface area contributed by atoms with E-state index < -0.39 is 17.0 Å². The van der Waals surface area contributed by atoms with E-state index in [1.807, 2.05) is 60.7 Å². The summed E-state index contributed by atoms with van der Waals surface area (Å²) in [5, 5.41) is 1.35. The minimum atomic E-state index is -3.92. The summed E-state index contributed by atoms with van der Waals surface area (Å²) in [5.74, 6) is 0. The Morgan fingerprint density at radius 3 is 1.82 bits per heavy atom. The Morgan fingerprint density at radius 1 is 0.615 bits per heavy atom.